The van der Waals surface area contributed by atoms with Crippen molar-refractivity contribution in [1.29, 1.82) is 0 Å². The van der Waals surface area contributed by atoms with Crippen LogP contribution in [0.2, 0.25) is 0 Å². The van der Waals surface area contributed by atoms with E-state index in [9.17, 15) is 0 Å². The Morgan fingerprint density at radius 2 is 1.19 bits per heavy atom. The minimum atomic E-state index is 1.32. The highest BCUT2D eigenvalue weighted by Crippen LogP contribution is 2.13. The standard InChI is InChI=1S/C8H10S.C7H8/c1-7-3-5-8(9-2)6-4-7;1-7-5-3-2-4-6-7/h3-6H,1-2H3;2-6H,1H3. The first kappa shape index (κ1) is 12.9. The molecule has 0 atom stereocenters. The molecule has 2 aromatic carbocycles. The van der Waals surface area contributed by atoms with Crippen molar-refractivity contribution < 1.29 is 0 Å². The van der Waals surface area contributed by atoms with Crippen LogP contribution in [-0.4, -0.2) is 6.26 Å². The van der Waals surface area contributed by atoms with E-state index in [0.29, 0.717) is 0 Å². The Kier molecular flexibility index (Phi) is 5.73. The highest BCUT2D eigenvalue weighted by Gasteiger charge is 1.85. The molecule has 0 amide bonds. The summed E-state index contributed by atoms with van der Waals surface area (Å²) in [4.78, 5) is 1.33. The largest absolute Gasteiger partial charge is 0.130 e. The molecule has 2 aromatic rings. The predicted molar refractivity (Wildman–Crippen MR) is 74.1 cm³/mol. The minimum absolute atomic E-state index is 1.32. The van der Waals surface area contributed by atoms with Gasteiger partial charge in [-0.15, -0.1) is 11.8 Å². The molecule has 0 aromatic heterocycles. The van der Waals surface area contributed by atoms with E-state index in [1.165, 1.54) is 16.0 Å². The SMILES string of the molecule is CSc1ccc(C)cc1.Cc1ccccc1. The predicted octanol–water partition coefficient (Wildman–Crippen LogP) is 4.71. The average Bonchev–Trinajstić information content (AvgIpc) is 2.32. The summed E-state index contributed by atoms with van der Waals surface area (Å²) < 4.78 is 0. The van der Waals surface area contributed by atoms with Gasteiger partial charge in [0.2, 0.25) is 0 Å². The fraction of sp³-hybridized carbons (Fsp3) is 0.200. The maximum Gasteiger partial charge on any atom is 0.00693 e. The molecule has 0 aliphatic rings. The Morgan fingerprint density at radius 1 is 0.688 bits per heavy atom. The molecule has 2 rings (SSSR count). The van der Waals surface area contributed by atoms with Gasteiger partial charge in [-0.2, -0.15) is 0 Å². The smallest absolute Gasteiger partial charge is 0.00693 e. The maximum atomic E-state index is 2.14. The normalized spacial score (nSPS) is 9.19. The summed E-state index contributed by atoms with van der Waals surface area (Å²) in [6, 6.07) is 18.8. The van der Waals surface area contributed by atoms with Crippen molar-refractivity contribution in [2.24, 2.45) is 0 Å². The lowest BCUT2D eigenvalue weighted by molar-refractivity contribution is 1.38. The maximum absolute atomic E-state index is 2.14. The molecule has 1 heteroatoms. The summed E-state index contributed by atoms with van der Waals surface area (Å²) >= 11 is 1.78. The zero-order valence-corrected chi connectivity index (χ0v) is 10.9. The van der Waals surface area contributed by atoms with Crippen LogP contribution in [-0.2, 0) is 0 Å². The highest BCUT2D eigenvalue weighted by atomic mass is 32.2. The van der Waals surface area contributed by atoms with Crippen molar-refractivity contribution in [2.75, 3.05) is 6.26 Å². The van der Waals surface area contributed by atoms with E-state index < -0.39 is 0 Å². The Hall–Kier alpha value is -1.21. The third-order valence-electron chi connectivity index (χ3n) is 2.20. The van der Waals surface area contributed by atoms with Crippen LogP contribution in [0.1, 0.15) is 11.1 Å². The summed E-state index contributed by atoms with van der Waals surface area (Å²) in [5.41, 5.74) is 2.65. The number of hydrogen-bond acceptors (Lipinski definition) is 1. The third kappa shape index (κ3) is 5.04. The molecule has 0 fully saturated rings. The molecule has 0 saturated carbocycles. The van der Waals surface area contributed by atoms with Crippen LogP contribution in [0.3, 0.4) is 0 Å². The van der Waals surface area contributed by atoms with Crippen molar-refractivity contribution in [2.45, 2.75) is 18.7 Å². The lowest BCUT2D eigenvalue weighted by Gasteiger charge is -1.93. The molecule has 0 radical (unpaired) electrons. The lowest BCUT2D eigenvalue weighted by atomic mass is 10.2. The molecule has 0 N–H and O–H groups in total. The Labute approximate surface area is 103 Å². The van der Waals surface area contributed by atoms with Gasteiger partial charge in [0.15, 0.2) is 0 Å². The summed E-state index contributed by atoms with van der Waals surface area (Å²) in [6.45, 7) is 4.18. The Balaban J connectivity index is 0.000000165. The van der Waals surface area contributed by atoms with Gasteiger partial charge < -0.3 is 0 Å². The van der Waals surface area contributed by atoms with E-state index in [-0.39, 0.29) is 0 Å². The first-order chi connectivity index (χ1) is 7.72. The Bertz CT molecular complexity index is 390. The quantitative estimate of drug-likeness (QED) is 0.639. The van der Waals surface area contributed by atoms with Gasteiger partial charge in [-0.25, -0.2) is 0 Å². The van der Waals surface area contributed by atoms with Crippen molar-refractivity contribution in [3.63, 3.8) is 0 Å². The van der Waals surface area contributed by atoms with Gasteiger partial charge in [-0.1, -0.05) is 53.6 Å². The number of thioether (sulfide) groups is 1. The van der Waals surface area contributed by atoms with Crippen LogP contribution in [0.4, 0.5) is 0 Å². The second-order valence-corrected chi connectivity index (χ2v) is 4.55. The number of hydrogen-bond donors (Lipinski definition) is 0. The average molecular weight is 230 g/mol. The molecule has 0 aliphatic heterocycles. The van der Waals surface area contributed by atoms with Gasteiger partial charge in [0.05, 0.1) is 0 Å². The second kappa shape index (κ2) is 7.13. The first-order valence-corrected chi connectivity index (χ1v) is 6.57. The van der Waals surface area contributed by atoms with Gasteiger partial charge in [0, 0.05) is 4.90 Å². The zero-order chi connectivity index (χ0) is 11.8. The van der Waals surface area contributed by atoms with Crippen LogP contribution >= 0.6 is 11.8 Å². The van der Waals surface area contributed by atoms with Gasteiger partial charge in [-0.3, -0.25) is 0 Å². The number of benzene rings is 2. The van der Waals surface area contributed by atoms with Crippen molar-refractivity contribution in [3.05, 3.63) is 65.7 Å². The van der Waals surface area contributed by atoms with Crippen molar-refractivity contribution >= 4 is 11.8 Å². The van der Waals surface area contributed by atoms with E-state index in [1.807, 2.05) is 18.2 Å². The Morgan fingerprint density at radius 3 is 1.56 bits per heavy atom. The van der Waals surface area contributed by atoms with E-state index in [0.717, 1.165) is 0 Å². The summed E-state index contributed by atoms with van der Waals surface area (Å²) in [7, 11) is 0. The van der Waals surface area contributed by atoms with Gasteiger partial charge in [0.25, 0.3) is 0 Å². The molecule has 0 nitrogen and oxygen atoms in total. The minimum Gasteiger partial charge on any atom is -0.130 e. The molecular weight excluding hydrogens is 212 g/mol. The van der Waals surface area contributed by atoms with E-state index in [4.69, 9.17) is 0 Å². The monoisotopic (exact) mass is 230 g/mol. The van der Waals surface area contributed by atoms with Crippen LogP contribution in [0, 0.1) is 13.8 Å². The molecular formula is C15H18S. The summed E-state index contributed by atoms with van der Waals surface area (Å²) in [5.74, 6) is 0. The molecule has 0 saturated heterocycles. The molecule has 0 bridgehead atoms. The molecule has 84 valence electrons. The molecule has 16 heavy (non-hydrogen) atoms. The zero-order valence-electron chi connectivity index (χ0n) is 10.1. The van der Waals surface area contributed by atoms with Crippen LogP contribution < -0.4 is 0 Å². The number of rotatable bonds is 1. The van der Waals surface area contributed by atoms with E-state index >= 15 is 0 Å². The van der Waals surface area contributed by atoms with E-state index in [2.05, 4.69) is 56.5 Å². The van der Waals surface area contributed by atoms with Crippen LogP contribution in [0.25, 0.3) is 0 Å². The molecule has 0 spiro atoms. The third-order valence-corrected chi connectivity index (χ3v) is 2.94. The van der Waals surface area contributed by atoms with Crippen molar-refractivity contribution in [1.82, 2.24) is 0 Å². The van der Waals surface area contributed by atoms with Gasteiger partial charge in [0.1, 0.15) is 0 Å². The molecule has 0 unspecified atom stereocenters. The second-order valence-electron chi connectivity index (χ2n) is 3.67. The highest BCUT2D eigenvalue weighted by molar-refractivity contribution is 7.98. The van der Waals surface area contributed by atoms with Gasteiger partial charge in [-0.05, 0) is 32.2 Å². The molecule has 0 heterocycles. The fourth-order valence-corrected chi connectivity index (χ4v) is 1.62. The first-order valence-electron chi connectivity index (χ1n) is 5.34. The summed E-state index contributed by atoms with van der Waals surface area (Å²) in [6.07, 6.45) is 2.09. The van der Waals surface area contributed by atoms with Crippen LogP contribution in [0.15, 0.2) is 59.5 Å². The lowest BCUT2D eigenvalue weighted by Crippen LogP contribution is -1.70. The number of aryl methyl sites for hydroxylation is 2. The topological polar surface area (TPSA) is 0 Å². The van der Waals surface area contributed by atoms with E-state index in [1.54, 1.807) is 11.8 Å². The molecule has 0 aliphatic carbocycles. The van der Waals surface area contributed by atoms with Crippen LogP contribution in [0.5, 0.6) is 0 Å². The van der Waals surface area contributed by atoms with Gasteiger partial charge >= 0.3 is 0 Å². The van der Waals surface area contributed by atoms with Crippen molar-refractivity contribution in [3.8, 4) is 0 Å². The summed E-state index contributed by atoms with van der Waals surface area (Å²) in [5, 5.41) is 0. The fourth-order valence-electron chi connectivity index (χ4n) is 1.21.